The van der Waals surface area contributed by atoms with Gasteiger partial charge in [0.25, 0.3) is 0 Å². The number of rotatable bonds is 7. The Bertz CT molecular complexity index is 379. The van der Waals surface area contributed by atoms with Gasteiger partial charge in [0.05, 0.1) is 0 Å². The fraction of sp³-hybridized carbons (Fsp3) is 0.625. The van der Waals surface area contributed by atoms with Gasteiger partial charge in [-0.05, 0) is 32.5 Å². The second-order valence-corrected chi connectivity index (χ2v) is 5.55. The molecule has 0 aliphatic heterocycles. The van der Waals surface area contributed by atoms with Crippen LogP contribution in [0.3, 0.4) is 0 Å². The van der Waals surface area contributed by atoms with Crippen LogP contribution in [0, 0.1) is 11.7 Å². The van der Waals surface area contributed by atoms with Crippen LogP contribution in [0.5, 0.6) is 0 Å². The predicted octanol–water partition coefficient (Wildman–Crippen LogP) is 3.45. The molecule has 1 aromatic carbocycles. The SMILES string of the molecule is CCNC(CN(C)C(C)c1ccccc1F)C(C)C. The number of benzene rings is 1. The van der Waals surface area contributed by atoms with Crippen LogP contribution in [0.4, 0.5) is 4.39 Å². The van der Waals surface area contributed by atoms with Gasteiger partial charge in [-0.3, -0.25) is 4.90 Å². The van der Waals surface area contributed by atoms with Crippen molar-refractivity contribution in [3.8, 4) is 0 Å². The normalized spacial score (nSPS) is 14.9. The van der Waals surface area contributed by atoms with Crippen molar-refractivity contribution in [2.24, 2.45) is 5.92 Å². The van der Waals surface area contributed by atoms with Gasteiger partial charge in [-0.2, -0.15) is 0 Å². The first-order valence-electron chi connectivity index (χ1n) is 7.15. The Balaban J connectivity index is 2.71. The minimum atomic E-state index is -0.119. The highest BCUT2D eigenvalue weighted by Crippen LogP contribution is 2.22. The molecule has 0 saturated carbocycles. The van der Waals surface area contributed by atoms with Crippen LogP contribution in [0.1, 0.15) is 39.3 Å². The van der Waals surface area contributed by atoms with Crippen molar-refractivity contribution in [3.05, 3.63) is 35.6 Å². The number of likely N-dealkylation sites (N-methyl/N-ethyl adjacent to an activating group) is 2. The van der Waals surface area contributed by atoms with Gasteiger partial charge in [0, 0.05) is 24.2 Å². The van der Waals surface area contributed by atoms with Crippen LogP contribution in [0.2, 0.25) is 0 Å². The number of nitrogens with zero attached hydrogens (tertiary/aromatic N) is 1. The average molecular weight is 266 g/mol. The van der Waals surface area contributed by atoms with Gasteiger partial charge in [-0.1, -0.05) is 39.0 Å². The molecule has 2 unspecified atom stereocenters. The van der Waals surface area contributed by atoms with Crippen LogP contribution in [0.25, 0.3) is 0 Å². The third-order valence-electron chi connectivity index (χ3n) is 3.77. The number of hydrogen-bond acceptors (Lipinski definition) is 2. The Hall–Kier alpha value is -0.930. The van der Waals surface area contributed by atoms with E-state index in [1.165, 1.54) is 6.07 Å². The van der Waals surface area contributed by atoms with E-state index < -0.39 is 0 Å². The predicted molar refractivity (Wildman–Crippen MR) is 79.7 cm³/mol. The van der Waals surface area contributed by atoms with Crippen molar-refractivity contribution < 1.29 is 4.39 Å². The van der Waals surface area contributed by atoms with E-state index in [2.05, 4.69) is 45.0 Å². The zero-order valence-electron chi connectivity index (χ0n) is 12.8. The molecule has 0 spiro atoms. The van der Waals surface area contributed by atoms with Crippen LogP contribution >= 0.6 is 0 Å². The molecule has 0 radical (unpaired) electrons. The summed E-state index contributed by atoms with van der Waals surface area (Å²) in [4.78, 5) is 2.21. The van der Waals surface area contributed by atoms with Crippen molar-refractivity contribution in [1.29, 1.82) is 0 Å². The van der Waals surface area contributed by atoms with E-state index in [1.54, 1.807) is 6.07 Å². The van der Waals surface area contributed by atoms with Crippen molar-refractivity contribution >= 4 is 0 Å². The maximum absolute atomic E-state index is 13.8. The Morgan fingerprint density at radius 3 is 2.37 bits per heavy atom. The molecule has 19 heavy (non-hydrogen) atoms. The molecule has 0 aliphatic rings. The first-order chi connectivity index (χ1) is 8.97. The Kier molecular flexibility index (Phi) is 6.46. The van der Waals surface area contributed by atoms with Gasteiger partial charge in [0.1, 0.15) is 5.82 Å². The monoisotopic (exact) mass is 266 g/mol. The summed E-state index contributed by atoms with van der Waals surface area (Å²) in [6.45, 7) is 10.5. The summed E-state index contributed by atoms with van der Waals surface area (Å²) < 4.78 is 13.8. The molecule has 2 nitrogen and oxygen atoms in total. The molecule has 0 amide bonds. The zero-order chi connectivity index (χ0) is 14.4. The highest BCUT2D eigenvalue weighted by molar-refractivity contribution is 5.20. The summed E-state index contributed by atoms with van der Waals surface area (Å²) in [5.41, 5.74) is 0.768. The Morgan fingerprint density at radius 2 is 1.84 bits per heavy atom. The molecule has 0 bridgehead atoms. The second kappa shape index (κ2) is 7.61. The summed E-state index contributed by atoms with van der Waals surface area (Å²) in [5.74, 6) is 0.446. The van der Waals surface area contributed by atoms with Crippen molar-refractivity contribution in [2.75, 3.05) is 20.1 Å². The molecule has 0 aliphatic carbocycles. The van der Waals surface area contributed by atoms with E-state index in [4.69, 9.17) is 0 Å². The number of halogens is 1. The molecule has 2 atom stereocenters. The van der Waals surface area contributed by atoms with Crippen molar-refractivity contribution in [3.63, 3.8) is 0 Å². The Labute approximate surface area is 117 Å². The summed E-state index contributed by atoms with van der Waals surface area (Å²) in [5, 5.41) is 3.50. The third kappa shape index (κ3) is 4.59. The minimum Gasteiger partial charge on any atom is -0.313 e. The van der Waals surface area contributed by atoms with Gasteiger partial charge in [0.2, 0.25) is 0 Å². The van der Waals surface area contributed by atoms with Crippen LogP contribution < -0.4 is 5.32 Å². The Morgan fingerprint density at radius 1 is 1.21 bits per heavy atom. The second-order valence-electron chi connectivity index (χ2n) is 5.55. The smallest absolute Gasteiger partial charge is 0.127 e. The van der Waals surface area contributed by atoms with E-state index in [-0.39, 0.29) is 11.9 Å². The van der Waals surface area contributed by atoms with Crippen molar-refractivity contribution in [2.45, 2.75) is 39.8 Å². The van der Waals surface area contributed by atoms with E-state index >= 15 is 0 Å². The van der Waals surface area contributed by atoms with Crippen LogP contribution in [0.15, 0.2) is 24.3 Å². The highest BCUT2D eigenvalue weighted by atomic mass is 19.1. The van der Waals surface area contributed by atoms with Gasteiger partial charge >= 0.3 is 0 Å². The van der Waals surface area contributed by atoms with Gasteiger partial charge in [0.15, 0.2) is 0 Å². The lowest BCUT2D eigenvalue weighted by Gasteiger charge is -2.31. The fourth-order valence-corrected chi connectivity index (χ4v) is 2.29. The van der Waals surface area contributed by atoms with Gasteiger partial charge in [-0.15, -0.1) is 0 Å². The van der Waals surface area contributed by atoms with E-state index in [1.807, 2.05) is 12.1 Å². The van der Waals surface area contributed by atoms with E-state index in [0.29, 0.717) is 12.0 Å². The molecule has 1 aromatic rings. The molecule has 0 aromatic heterocycles. The molecule has 1 rings (SSSR count). The molecular formula is C16H27FN2. The topological polar surface area (TPSA) is 15.3 Å². The maximum atomic E-state index is 13.8. The lowest BCUT2D eigenvalue weighted by molar-refractivity contribution is 0.206. The average Bonchev–Trinajstić information content (AvgIpc) is 2.37. The number of hydrogen-bond donors (Lipinski definition) is 1. The molecular weight excluding hydrogens is 239 g/mol. The lowest BCUT2D eigenvalue weighted by atomic mass is 10.0. The standard InChI is InChI=1S/C16H27FN2/c1-6-18-16(12(2)3)11-19(5)13(4)14-9-7-8-10-15(14)17/h7-10,12-13,16,18H,6,11H2,1-5H3. The highest BCUT2D eigenvalue weighted by Gasteiger charge is 2.20. The summed E-state index contributed by atoms with van der Waals surface area (Å²) in [6, 6.07) is 7.55. The van der Waals surface area contributed by atoms with Crippen molar-refractivity contribution in [1.82, 2.24) is 10.2 Å². The van der Waals surface area contributed by atoms with Gasteiger partial charge in [-0.25, -0.2) is 4.39 Å². The molecule has 1 N–H and O–H groups in total. The molecule has 0 heterocycles. The first-order valence-corrected chi connectivity index (χ1v) is 7.15. The van der Waals surface area contributed by atoms with E-state index in [0.717, 1.165) is 18.7 Å². The van der Waals surface area contributed by atoms with Crippen LogP contribution in [-0.4, -0.2) is 31.1 Å². The lowest BCUT2D eigenvalue weighted by Crippen LogP contribution is -2.43. The molecule has 108 valence electrons. The summed E-state index contributed by atoms with van der Waals surface area (Å²) in [7, 11) is 2.06. The zero-order valence-corrected chi connectivity index (χ0v) is 12.8. The largest absolute Gasteiger partial charge is 0.313 e. The van der Waals surface area contributed by atoms with E-state index in [9.17, 15) is 4.39 Å². The molecule has 0 saturated heterocycles. The summed E-state index contributed by atoms with van der Waals surface area (Å²) in [6.07, 6.45) is 0. The number of nitrogens with one attached hydrogen (secondary N) is 1. The quantitative estimate of drug-likeness (QED) is 0.813. The maximum Gasteiger partial charge on any atom is 0.127 e. The first kappa shape index (κ1) is 16.1. The summed E-state index contributed by atoms with van der Waals surface area (Å²) >= 11 is 0. The molecule has 0 fully saturated rings. The minimum absolute atomic E-state index is 0.0844. The van der Waals surface area contributed by atoms with Gasteiger partial charge < -0.3 is 5.32 Å². The third-order valence-corrected chi connectivity index (χ3v) is 3.77. The molecule has 3 heteroatoms. The van der Waals surface area contributed by atoms with Crippen LogP contribution in [-0.2, 0) is 0 Å². The fourth-order valence-electron chi connectivity index (χ4n) is 2.29.